The molecule has 0 fully saturated rings. The molecule has 2 aromatic carbocycles. The number of ether oxygens (including phenoxy) is 1. The van der Waals surface area contributed by atoms with Crippen molar-refractivity contribution in [3.63, 3.8) is 0 Å². The van der Waals surface area contributed by atoms with Crippen LogP contribution in [-0.2, 0) is 0 Å². The van der Waals surface area contributed by atoms with Gasteiger partial charge in [0, 0.05) is 10.9 Å². The lowest BCUT2D eigenvalue weighted by Gasteiger charge is -2.06. The highest BCUT2D eigenvalue weighted by Crippen LogP contribution is 2.35. The summed E-state index contributed by atoms with van der Waals surface area (Å²) in [6, 6.07) is 12.4. The molecule has 0 aliphatic rings. The molecule has 0 aliphatic carbocycles. The van der Waals surface area contributed by atoms with Crippen LogP contribution in [0.3, 0.4) is 0 Å². The van der Waals surface area contributed by atoms with Crippen LogP contribution in [0.2, 0.25) is 0 Å². The lowest BCUT2D eigenvalue weighted by Crippen LogP contribution is -2.12. The van der Waals surface area contributed by atoms with E-state index in [-0.39, 0.29) is 11.5 Å². The summed E-state index contributed by atoms with van der Waals surface area (Å²) in [4.78, 5) is 34.6. The van der Waals surface area contributed by atoms with Crippen LogP contribution in [0.5, 0.6) is 5.75 Å². The van der Waals surface area contributed by atoms with Crippen molar-refractivity contribution >= 4 is 44.8 Å². The number of methoxy groups -OCH3 is 1. The van der Waals surface area contributed by atoms with Crippen molar-refractivity contribution in [2.45, 2.75) is 6.92 Å². The largest absolute Gasteiger partial charge is 0.496 e. The summed E-state index contributed by atoms with van der Waals surface area (Å²) in [5.41, 5.74) is 1.92. The van der Waals surface area contributed by atoms with Gasteiger partial charge in [-0.2, -0.15) is 0 Å². The monoisotopic (exact) mass is 468 g/mol. The summed E-state index contributed by atoms with van der Waals surface area (Å²) >= 11 is 2.52. The van der Waals surface area contributed by atoms with Crippen LogP contribution < -0.4 is 15.4 Å². The van der Waals surface area contributed by atoms with Crippen LogP contribution in [-0.4, -0.2) is 28.9 Å². The Labute approximate surface area is 190 Å². The summed E-state index contributed by atoms with van der Waals surface area (Å²) in [7, 11) is 1.50. The molecule has 2 aromatic heterocycles. The highest BCUT2D eigenvalue weighted by molar-refractivity contribution is 7.20. The standard InChI is InChI=1S/C22H17FN4O3S2/c1-12-18(32-22(24-12)27-20(29)15-8-3-4-9-17(15)30-2)16-11-31-21(25-16)26-19(28)13-6-5-7-14(23)10-13/h3-11H,1-2H3,(H,24,27,29)(H,25,26,28). The SMILES string of the molecule is COc1ccccc1C(=O)Nc1nc(C)c(-c2csc(NC(=O)c3cccc(F)c3)n2)s1. The van der Waals surface area contributed by atoms with Gasteiger partial charge in [-0.15, -0.1) is 11.3 Å². The highest BCUT2D eigenvalue weighted by Gasteiger charge is 2.18. The average molecular weight is 469 g/mol. The number of anilines is 2. The fourth-order valence-corrected chi connectivity index (χ4v) is 4.61. The van der Waals surface area contributed by atoms with Crippen molar-refractivity contribution in [3.05, 3.63) is 76.5 Å². The molecule has 2 heterocycles. The van der Waals surface area contributed by atoms with E-state index in [1.54, 1.807) is 29.6 Å². The molecule has 162 valence electrons. The van der Waals surface area contributed by atoms with Gasteiger partial charge in [0.1, 0.15) is 11.6 Å². The number of benzene rings is 2. The predicted molar refractivity (Wildman–Crippen MR) is 123 cm³/mol. The van der Waals surface area contributed by atoms with Gasteiger partial charge in [-0.3, -0.25) is 20.2 Å². The number of halogens is 1. The molecule has 7 nitrogen and oxygen atoms in total. The zero-order valence-electron chi connectivity index (χ0n) is 17.0. The second-order valence-electron chi connectivity index (χ2n) is 6.59. The number of para-hydroxylation sites is 1. The van der Waals surface area contributed by atoms with Crippen molar-refractivity contribution < 1.29 is 18.7 Å². The Morgan fingerprint density at radius 2 is 1.78 bits per heavy atom. The summed E-state index contributed by atoms with van der Waals surface area (Å²) in [6.45, 7) is 1.81. The van der Waals surface area contributed by atoms with E-state index in [4.69, 9.17) is 4.74 Å². The maximum absolute atomic E-state index is 13.3. The third-order valence-electron chi connectivity index (χ3n) is 4.41. The van der Waals surface area contributed by atoms with E-state index in [0.29, 0.717) is 33.0 Å². The molecule has 0 aliphatic heterocycles. The van der Waals surface area contributed by atoms with Gasteiger partial charge in [0.2, 0.25) is 0 Å². The van der Waals surface area contributed by atoms with E-state index in [9.17, 15) is 14.0 Å². The number of nitrogens with one attached hydrogen (secondary N) is 2. The Balaban J connectivity index is 1.49. The van der Waals surface area contributed by atoms with Crippen LogP contribution >= 0.6 is 22.7 Å². The first-order chi connectivity index (χ1) is 15.4. The van der Waals surface area contributed by atoms with Gasteiger partial charge in [0.05, 0.1) is 28.9 Å². The Hall–Kier alpha value is -3.63. The number of nitrogens with zero attached hydrogens (tertiary/aromatic N) is 2. The molecule has 4 aromatic rings. The predicted octanol–water partition coefficient (Wildman–Crippen LogP) is 5.23. The molecule has 32 heavy (non-hydrogen) atoms. The molecule has 0 radical (unpaired) electrons. The molecule has 0 bridgehead atoms. The zero-order chi connectivity index (χ0) is 22.7. The Kier molecular flexibility index (Phi) is 6.24. The Morgan fingerprint density at radius 1 is 1.00 bits per heavy atom. The fourth-order valence-electron chi connectivity index (χ4n) is 2.92. The van der Waals surface area contributed by atoms with E-state index >= 15 is 0 Å². The molecular weight excluding hydrogens is 451 g/mol. The molecule has 0 spiro atoms. The molecular formula is C22H17FN4O3S2. The molecule has 0 atom stereocenters. The summed E-state index contributed by atoms with van der Waals surface area (Å²) < 4.78 is 18.6. The lowest BCUT2D eigenvalue weighted by molar-refractivity contribution is 0.101. The highest BCUT2D eigenvalue weighted by atomic mass is 32.1. The Bertz CT molecular complexity index is 1300. The topological polar surface area (TPSA) is 93.2 Å². The van der Waals surface area contributed by atoms with Gasteiger partial charge in [-0.05, 0) is 37.3 Å². The maximum Gasteiger partial charge on any atom is 0.261 e. The minimum absolute atomic E-state index is 0.206. The summed E-state index contributed by atoms with van der Waals surface area (Å²) in [5, 5.41) is 8.04. The molecule has 4 rings (SSSR count). The first-order valence-corrected chi connectivity index (χ1v) is 11.1. The van der Waals surface area contributed by atoms with Crippen LogP contribution in [0, 0.1) is 12.7 Å². The number of thiazole rings is 2. The first kappa shape index (κ1) is 21.6. The van der Waals surface area contributed by atoms with Crippen molar-refractivity contribution in [1.82, 2.24) is 9.97 Å². The Morgan fingerprint density at radius 3 is 2.56 bits per heavy atom. The lowest BCUT2D eigenvalue weighted by atomic mass is 10.2. The normalized spacial score (nSPS) is 10.6. The van der Waals surface area contributed by atoms with Gasteiger partial charge < -0.3 is 4.74 Å². The molecule has 10 heteroatoms. The first-order valence-electron chi connectivity index (χ1n) is 9.39. The molecule has 2 amide bonds. The van der Waals surface area contributed by atoms with Gasteiger partial charge in [0.15, 0.2) is 10.3 Å². The fraction of sp³-hybridized carbons (Fsp3) is 0.0909. The average Bonchev–Trinajstić information content (AvgIpc) is 3.39. The third-order valence-corrected chi connectivity index (χ3v) is 6.27. The smallest absolute Gasteiger partial charge is 0.261 e. The van der Waals surface area contributed by atoms with E-state index in [2.05, 4.69) is 20.6 Å². The van der Waals surface area contributed by atoms with Crippen LogP contribution in [0.1, 0.15) is 26.4 Å². The van der Waals surface area contributed by atoms with Crippen molar-refractivity contribution in [3.8, 4) is 16.3 Å². The van der Waals surface area contributed by atoms with Gasteiger partial charge >= 0.3 is 0 Å². The molecule has 2 N–H and O–H groups in total. The number of amides is 2. The zero-order valence-corrected chi connectivity index (χ0v) is 18.6. The number of rotatable bonds is 6. The van der Waals surface area contributed by atoms with Crippen molar-refractivity contribution in [2.75, 3.05) is 17.7 Å². The number of carbonyl (C=O) groups excluding carboxylic acids is 2. The summed E-state index contributed by atoms with van der Waals surface area (Å²) in [6.07, 6.45) is 0. The maximum atomic E-state index is 13.3. The summed E-state index contributed by atoms with van der Waals surface area (Å²) in [5.74, 6) is -0.794. The van der Waals surface area contributed by atoms with Gasteiger partial charge in [0.25, 0.3) is 11.8 Å². The quantitative estimate of drug-likeness (QED) is 0.404. The number of carbonyl (C=O) groups is 2. The minimum atomic E-state index is -0.486. The van der Waals surface area contributed by atoms with Crippen LogP contribution in [0.15, 0.2) is 53.9 Å². The van der Waals surface area contributed by atoms with Crippen LogP contribution in [0.4, 0.5) is 14.7 Å². The van der Waals surface area contributed by atoms with E-state index < -0.39 is 11.7 Å². The van der Waals surface area contributed by atoms with E-state index in [1.165, 1.54) is 48.0 Å². The van der Waals surface area contributed by atoms with Crippen LogP contribution in [0.25, 0.3) is 10.6 Å². The van der Waals surface area contributed by atoms with Gasteiger partial charge in [-0.25, -0.2) is 14.4 Å². The van der Waals surface area contributed by atoms with E-state index in [1.807, 2.05) is 6.92 Å². The number of hydrogen-bond donors (Lipinski definition) is 2. The number of hydrogen-bond acceptors (Lipinski definition) is 7. The van der Waals surface area contributed by atoms with Crippen molar-refractivity contribution in [2.24, 2.45) is 0 Å². The number of aromatic nitrogens is 2. The number of aryl methyl sites for hydroxylation is 1. The molecule has 0 unspecified atom stereocenters. The van der Waals surface area contributed by atoms with Crippen molar-refractivity contribution in [1.29, 1.82) is 0 Å². The molecule has 0 saturated carbocycles. The minimum Gasteiger partial charge on any atom is -0.496 e. The van der Waals surface area contributed by atoms with E-state index in [0.717, 1.165) is 10.9 Å². The second kappa shape index (κ2) is 9.25. The van der Waals surface area contributed by atoms with Gasteiger partial charge in [-0.1, -0.05) is 29.5 Å². The second-order valence-corrected chi connectivity index (χ2v) is 8.45. The molecule has 0 saturated heterocycles. The third kappa shape index (κ3) is 4.66.